The topological polar surface area (TPSA) is 46.5 Å². The van der Waals surface area contributed by atoms with E-state index in [0.29, 0.717) is 18.1 Å². The van der Waals surface area contributed by atoms with Gasteiger partial charge in [-0.25, -0.2) is 0 Å². The van der Waals surface area contributed by atoms with Crippen LogP contribution in [-0.4, -0.2) is 23.1 Å². The number of Topliss-reactive ketones (excluding diaryl/α,β-unsaturated/α-hetero) is 1. The maximum absolute atomic E-state index is 11.8. The number of aliphatic hydroxyl groups is 1. The Labute approximate surface area is 101 Å². The molecule has 1 atom stereocenters. The number of hydrogen-bond donors (Lipinski definition) is 1. The Morgan fingerprint density at radius 2 is 2.06 bits per heavy atom. The normalized spacial score (nSPS) is 16.6. The summed E-state index contributed by atoms with van der Waals surface area (Å²) in [6, 6.07) is 7.03. The zero-order valence-corrected chi connectivity index (χ0v) is 10.1. The van der Waals surface area contributed by atoms with E-state index in [-0.39, 0.29) is 5.78 Å². The largest absolute Gasteiger partial charge is 0.490 e. The average Bonchev–Trinajstić information content (AvgIpc) is 3.13. The summed E-state index contributed by atoms with van der Waals surface area (Å²) in [5, 5.41) is 9.62. The molecule has 3 heteroatoms. The third-order valence-corrected chi connectivity index (χ3v) is 2.83. The zero-order chi connectivity index (χ0) is 12.3. The highest BCUT2D eigenvalue weighted by Gasteiger charge is 2.23. The van der Waals surface area contributed by atoms with Crippen LogP contribution in [0.3, 0.4) is 0 Å². The Morgan fingerprint density at radius 1 is 1.41 bits per heavy atom. The van der Waals surface area contributed by atoms with Gasteiger partial charge in [-0.2, -0.15) is 0 Å². The Bertz CT molecular complexity index is 379. The van der Waals surface area contributed by atoms with Crippen LogP contribution in [-0.2, 0) is 0 Å². The summed E-state index contributed by atoms with van der Waals surface area (Å²) in [4.78, 5) is 11.8. The third-order valence-electron chi connectivity index (χ3n) is 2.83. The minimum atomic E-state index is -0.879. The number of hydrogen-bond acceptors (Lipinski definition) is 3. The Hall–Kier alpha value is -1.35. The van der Waals surface area contributed by atoms with Gasteiger partial charge in [-0.15, -0.1) is 0 Å². The summed E-state index contributed by atoms with van der Waals surface area (Å²) in [6.07, 6.45) is 3.04. The van der Waals surface area contributed by atoms with Gasteiger partial charge in [0.2, 0.25) is 0 Å². The molecule has 1 N–H and O–H groups in total. The standard InChI is InChI=1S/C14H18O3/c1-2-3-13(15)14(16)10-4-6-11(7-5-10)17-12-8-9-12/h4-7,12-13,15H,2-3,8-9H2,1H3. The molecular weight excluding hydrogens is 216 g/mol. The van der Waals surface area contributed by atoms with Crippen molar-refractivity contribution in [3.8, 4) is 5.75 Å². The number of carbonyl (C=O) groups is 1. The molecule has 1 fully saturated rings. The average molecular weight is 234 g/mol. The van der Waals surface area contributed by atoms with Crippen molar-refractivity contribution in [2.75, 3.05) is 0 Å². The second-order valence-electron chi connectivity index (χ2n) is 4.51. The summed E-state index contributed by atoms with van der Waals surface area (Å²) in [5.41, 5.74) is 0.550. The van der Waals surface area contributed by atoms with Gasteiger partial charge >= 0.3 is 0 Å². The first-order chi connectivity index (χ1) is 8.20. The van der Waals surface area contributed by atoms with Crippen molar-refractivity contribution in [2.24, 2.45) is 0 Å². The summed E-state index contributed by atoms with van der Waals surface area (Å²) in [7, 11) is 0. The van der Waals surface area contributed by atoms with Gasteiger partial charge in [0.25, 0.3) is 0 Å². The predicted octanol–water partition coefficient (Wildman–Crippen LogP) is 2.57. The van der Waals surface area contributed by atoms with Gasteiger partial charge in [-0.05, 0) is 43.5 Å². The molecule has 3 nitrogen and oxygen atoms in total. The smallest absolute Gasteiger partial charge is 0.191 e. The van der Waals surface area contributed by atoms with Gasteiger partial charge in [0, 0.05) is 5.56 Å². The molecule has 0 aromatic heterocycles. The van der Waals surface area contributed by atoms with E-state index in [1.54, 1.807) is 24.3 Å². The first kappa shape index (κ1) is 12.1. The van der Waals surface area contributed by atoms with Crippen LogP contribution in [0.4, 0.5) is 0 Å². The third kappa shape index (κ3) is 3.30. The molecule has 0 saturated heterocycles. The fourth-order valence-electron chi connectivity index (χ4n) is 1.67. The van der Waals surface area contributed by atoms with Gasteiger partial charge in [-0.3, -0.25) is 4.79 Å². The molecular formula is C14H18O3. The summed E-state index contributed by atoms with van der Waals surface area (Å²) < 4.78 is 5.59. The van der Waals surface area contributed by atoms with Crippen molar-refractivity contribution in [1.29, 1.82) is 0 Å². The van der Waals surface area contributed by atoms with E-state index in [1.807, 2.05) is 6.92 Å². The zero-order valence-electron chi connectivity index (χ0n) is 10.1. The van der Waals surface area contributed by atoms with Crippen LogP contribution in [0.15, 0.2) is 24.3 Å². The van der Waals surface area contributed by atoms with E-state index in [0.717, 1.165) is 25.0 Å². The first-order valence-corrected chi connectivity index (χ1v) is 6.19. The SMILES string of the molecule is CCCC(O)C(=O)c1ccc(OC2CC2)cc1. The fraction of sp³-hybridized carbons (Fsp3) is 0.500. The summed E-state index contributed by atoms with van der Waals surface area (Å²) in [6.45, 7) is 1.95. The summed E-state index contributed by atoms with van der Waals surface area (Å²) in [5.74, 6) is 0.596. The maximum atomic E-state index is 11.8. The monoisotopic (exact) mass is 234 g/mol. The summed E-state index contributed by atoms with van der Waals surface area (Å²) >= 11 is 0. The van der Waals surface area contributed by atoms with Crippen LogP contribution < -0.4 is 4.74 Å². The molecule has 17 heavy (non-hydrogen) atoms. The Kier molecular flexibility index (Phi) is 3.79. The van der Waals surface area contributed by atoms with Crippen LogP contribution in [0.2, 0.25) is 0 Å². The van der Waals surface area contributed by atoms with E-state index in [1.165, 1.54) is 0 Å². The number of benzene rings is 1. The van der Waals surface area contributed by atoms with Gasteiger partial charge in [0.1, 0.15) is 11.9 Å². The lowest BCUT2D eigenvalue weighted by atomic mass is 10.0. The van der Waals surface area contributed by atoms with Crippen molar-refractivity contribution in [3.05, 3.63) is 29.8 Å². The highest BCUT2D eigenvalue weighted by atomic mass is 16.5. The quantitative estimate of drug-likeness (QED) is 0.769. The number of ether oxygens (including phenoxy) is 1. The lowest BCUT2D eigenvalue weighted by molar-refractivity contribution is 0.0729. The van der Waals surface area contributed by atoms with Gasteiger partial charge in [-0.1, -0.05) is 13.3 Å². The van der Waals surface area contributed by atoms with Crippen molar-refractivity contribution in [2.45, 2.75) is 44.8 Å². The molecule has 92 valence electrons. The van der Waals surface area contributed by atoms with Gasteiger partial charge in [0.05, 0.1) is 6.10 Å². The number of ketones is 1. The molecule has 0 spiro atoms. The molecule has 0 bridgehead atoms. The fourth-order valence-corrected chi connectivity index (χ4v) is 1.67. The molecule has 2 rings (SSSR count). The highest BCUT2D eigenvalue weighted by molar-refractivity contribution is 5.99. The van der Waals surface area contributed by atoms with E-state index < -0.39 is 6.10 Å². The van der Waals surface area contributed by atoms with Crippen molar-refractivity contribution in [1.82, 2.24) is 0 Å². The molecule has 1 aliphatic carbocycles. The van der Waals surface area contributed by atoms with Crippen LogP contribution in [0.5, 0.6) is 5.75 Å². The molecule has 0 aliphatic heterocycles. The predicted molar refractivity (Wildman–Crippen MR) is 65.3 cm³/mol. The van der Waals surface area contributed by atoms with E-state index in [2.05, 4.69) is 0 Å². The molecule has 1 saturated carbocycles. The number of rotatable bonds is 6. The lowest BCUT2D eigenvalue weighted by Crippen LogP contribution is -2.19. The lowest BCUT2D eigenvalue weighted by Gasteiger charge is -2.09. The van der Waals surface area contributed by atoms with E-state index >= 15 is 0 Å². The second kappa shape index (κ2) is 5.32. The van der Waals surface area contributed by atoms with Crippen molar-refractivity contribution in [3.63, 3.8) is 0 Å². The molecule has 0 heterocycles. The number of aliphatic hydroxyl groups excluding tert-OH is 1. The molecule has 1 aromatic rings. The van der Waals surface area contributed by atoms with E-state index in [4.69, 9.17) is 4.74 Å². The Morgan fingerprint density at radius 3 is 2.59 bits per heavy atom. The molecule has 0 radical (unpaired) electrons. The number of carbonyl (C=O) groups excluding carboxylic acids is 1. The highest BCUT2D eigenvalue weighted by Crippen LogP contribution is 2.26. The minimum Gasteiger partial charge on any atom is -0.490 e. The Balaban J connectivity index is 1.98. The van der Waals surface area contributed by atoms with Crippen LogP contribution in [0.25, 0.3) is 0 Å². The van der Waals surface area contributed by atoms with Crippen LogP contribution >= 0.6 is 0 Å². The molecule has 1 unspecified atom stereocenters. The second-order valence-corrected chi connectivity index (χ2v) is 4.51. The molecule has 1 aliphatic rings. The van der Waals surface area contributed by atoms with Crippen molar-refractivity contribution < 1.29 is 14.6 Å². The minimum absolute atomic E-state index is 0.204. The van der Waals surface area contributed by atoms with Crippen LogP contribution in [0.1, 0.15) is 43.0 Å². The van der Waals surface area contributed by atoms with Gasteiger partial charge < -0.3 is 9.84 Å². The van der Waals surface area contributed by atoms with Crippen LogP contribution in [0, 0.1) is 0 Å². The first-order valence-electron chi connectivity index (χ1n) is 6.19. The van der Waals surface area contributed by atoms with Gasteiger partial charge in [0.15, 0.2) is 5.78 Å². The maximum Gasteiger partial charge on any atom is 0.191 e. The van der Waals surface area contributed by atoms with Crippen molar-refractivity contribution >= 4 is 5.78 Å². The van der Waals surface area contributed by atoms with E-state index in [9.17, 15) is 9.90 Å². The molecule has 1 aromatic carbocycles. The molecule has 0 amide bonds.